The zero-order valence-electron chi connectivity index (χ0n) is 8.81. The molecular weight excluding hydrogens is 186 g/mol. The van der Waals surface area contributed by atoms with Gasteiger partial charge in [0, 0.05) is 18.5 Å². The number of ether oxygens (including phenoxy) is 1. The molecule has 13 heavy (non-hydrogen) atoms. The van der Waals surface area contributed by atoms with Crippen molar-refractivity contribution in [2.75, 3.05) is 26.3 Å². The minimum Gasteiger partial charge on any atom is -0.380 e. The van der Waals surface area contributed by atoms with E-state index in [1.165, 1.54) is 12.8 Å². The van der Waals surface area contributed by atoms with E-state index in [1.807, 2.05) is 6.92 Å². The second-order valence-electron chi connectivity index (χ2n) is 3.29. The minimum atomic E-state index is 0.272. The highest BCUT2D eigenvalue weighted by atomic mass is 35.5. The Labute approximate surface area is 87.0 Å². The van der Waals surface area contributed by atoms with Crippen LogP contribution in [-0.4, -0.2) is 31.7 Å². The van der Waals surface area contributed by atoms with Crippen molar-refractivity contribution in [3.05, 3.63) is 0 Å². The molecule has 0 aromatic carbocycles. The summed E-state index contributed by atoms with van der Waals surface area (Å²) in [6.45, 7) is 7.82. The number of rotatable bonds is 9. The van der Waals surface area contributed by atoms with Gasteiger partial charge in [-0.15, -0.1) is 11.6 Å². The lowest BCUT2D eigenvalue weighted by Crippen LogP contribution is -2.22. The summed E-state index contributed by atoms with van der Waals surface area (Å²) in [6, 6.07) is 0. The fourth-order valence-corrected chi connectivity index (χ4v) is 1.03. The Morgan fingerprint density at radius 1 is 1.31 bits per heavy atom. The van der Waals surface area contributed by atoms with Crippen LogP contribution in [0.2, 0.25) is 0 Å². The first-order chi connectivity index (χ1) is 6.27. The lowest BCUT2D eigenvalue weighted by molar-refractivity contribution is 0.133. The molecule has 1 atom stereocenters. The van der Waals surface area contributed by atoms with Crippen LogP contribution in [-0.2, 0) is 4.74 Å². The van der Waals surface area contributed by atoms with Crippen LogP contribution in [0.15, 0.2) is 0 Å². The molecule has 0 aliphatic heterocycles. The van der Waals surface area contributed by atoms with Crippen molar-refractivity contribution in [2.24, 2.45) is 0 Å². The van der Waals surface area contributed by atoms with Crippen LogP contribution in [0, 0.1) is 0 Å². The molecule has 3 heteroatoms. The van der Waals surface area contributed by atoms with E-state index in [1.54, 1.807) is 0 Å². The fourth-order valence-electron chi connectivity index (χ4n) is 0.919. The molecule has 0 aromatic rings. The molecule has 1 unspecified atom stereocenters. The smallest absolute Gasteiger partial charge is 0.0590 e. The molecule has 0 heterocycles. The normalized spacial score (nSPS) is 13.2. The first-order valence-electron chi connectivity index (χ1n) is 5.20. The quantitative estimate of drug-likeness (QED) is 0.463. The van der Waals surface area contributed by atoms with Gasteiger partial charge in [0.1, 0.15) is 0 Å². The summed E-state index contributed by atoms with van der Waals surface area (Å²) < 4.78 is 5.39. The molecule has 0 spiro atoms. The van der Waals surface area contributed by atoms with Crippen LogP contribution in [0.4, 0.5) is 0 Å². The largest absolute Gasteiger partial charge is 0.380 e. The van der Waals surface area contributed by atoms with Gasteiger partial charge >= 0.3 is 0 Å². The van der Waals surface area contributed by atoms with E-state index in [9.17, 15) is 0 Å². The third-order valence-electron chi connectivity index (χ3n) is 1.78. The lowest BCUT2D eigenvalue weighted by Gasteiger charge is -2.06. The third kappa shape index (κ3) is 12.2. The predicted octanol–water partition coefficient (Wildman–Crippen LogP) is 2.41. The molecule has 0 aliphatic carbocycles. The van der Waals surface area contributed by atoms with Crippen LogP contribution in [0.1, 0.15) is 33.1 Å². The standard InChI is InChI=1S/C10H22ClNO/c1-3-4-8-13-9-7-12-6-5-10(2)11/h10,12H,3-9H2,1-2H3. The van der Waals surface area contributed by atoms with Gasteiger partial charge < -0.3 is 10.1 Å². The van der Waals surface area contributed by atoms with Gasteiger partial charge in [-0.2, -0.15) is 0 Å². The van der Waals surface area contributed by atoms with E-state index in [0.717, 1.165) is 32.7 Å². The SMILES string of the molecule is CCCCOCCNCCC(C)Cl. The molecule has 0 aromatic heterocycles. The van der Waals surface area contributed by atoms with Crippen LogP contribution in [0.5, 0.6) is 0 Å². The highest BCUT2D eigenvalue weighted by Crippen LogP contribution is 1.96. The van der Waals surface area contributed by atoms with Gasteiger partial charge in [0.15, 0.2) is 0 Å². The van der Waals surface area contributed by atoms with E-state index in [-0.39, 0.29) is 5.38 Å². The Morgan fingerprint density at radius 2 is 2.08 bits per heavy atom. The maximum Gasteiger partial charge on any atom is 0.0590 e. The van der Waals surface area contributed by atoms with E-state index in [0.29, 0.717) is 0 Å². The Morgan fingerprint density at radius 3 is 2.69 bits per heavy atom. The monoisotopic (exact) mass is 207 g/mol. The third-order valence-corrected chi connectivity index (χ3v) is 2.00. The summed E-state index contributed by atoms with van der Waals surface area (Å²) in [5.74, 6) is 0. The van der Waals surface area contributed by atoms with Gasteiger partial charge in [-0.1, -0.05) is 13.3 Å². The van der Waals surface area contributed by atoms with Crippen LogP contribution >= 0.6 is 11.6 Å². The Kier molecular flexibility index (Phi) is 10.5. The zero-order chi connectivity index (χ0) is 9.94. The summed E-state index contributed by atoms with van der Waals surface area (Å²) in [4.78, 5) is 0. The van der Waals surface area contributed by atoms with E-state index >= 15 is 0 Å². The molecule has 0 saturated carbocycles. The van der Waals surface area contributed by atoms with Gasteiger partial charge in [0.05, 0.1) is 6.61 Å². The fraction of sp³-hybridized carbons (Fsp3) is 1.00. The molecule has 80 valence electrons. The molecule has 0 radical (unpaired) electrons. The highest BCUT2D eigenvalue weighted by molar-refractivity contribution is 6.20. The summed E-state index contributed by atoms with van der Waals surface area (Å²) in [7, 11) is 0. The number of halogens is 1. The van der Waals surface area contributed by atoms with Gasteiger partial charge in [-0.05, 0) is 26.3 Å². The van der Waals surface area contributed by atoms with E-state index in [4.69, 9.17) is 16.3 Å². The number of hydrogen-bond acceptors (Lipinski definition) is 2. The van der Waals surface area contributed by atoms with Crippen LogP contribution in [0.25, 0.3) is 0 Å². The molecule has 0 bridgehead atoms. The average Bonchev–Trinajstić information content (AvgIpc) is 2.09. The molecule has 0 rings (SSSR count). The van der Waals surface area contributed by atoms with Crippen molar-refractivity contribution in [2.45, 2.75) is 38.5 Å². The number of nitrogens with one attached hydrogen (secondary N) is 1. The van der Waals surface area contributed by atoms with Gasteiger partial charge in [-0.3, -0.25) is 0 Å². The molecule has 0 saturated heterocycles. The Balaban J connectivity index is 2.84. The summed E-state index contributed by atoms with van der Waals surface area (Å²) >= 11 is 5.79. The zero-order valence-corrected chi connectivity index (χ0v) is 9.57. The molecule has 1 N–H and O–H groups in total. The molecule has 2 nitrogen and oxygen atoms in total. The predicted molar refractivity (Wildman–Crippen MR) is 58.5 cm³/mol. The number of unbranched alkanes of at least 4 members (excludes halogenated alkanes) is 1. The maximum atomic E-state index is 5.79. The van der Waals surface area contributed by atoms with Crippen molar-refractivity contribution in [1.29, 1.82) is 0 Å². The first-order valence-corrected chi connectivity index (χ1v) is 5.63. The summed E-state index contributed by atoms with van der Waals surface area (Å²) in [5.41, 5.74) is 0. The minimum absolute atomic E-state index is 0.272. The maximum absolute atomic E-state index is 5.79. The average molecular weight is 208 g/mol. The van der Waals surface area contributed by atoms with Crippen molar-refractivity contribution in [3.8, 4) is 0 Å². The second-order valence-corrected chi connectivity index (χ2v) is 4.03. The molecule has 0 amide bonds. The van der Waals surface area contributed by atoms with Crippen molar-refractivity contribution in [3.63, 3.8) is 0 Å². The van der Waals surface area contributed by atoms with E-state index < -0.39 is 0 Å². The van der Waals surface area contributed by atoms with Crippen molar-refractivity contribution >= 4 is 11.6 Å². The number of alkyl halides is 1. The van der Waals surface area contributed by atoms with Crippen molar-refractivity contribution < 1.29 is 4.74 Å². The van der Waals surface area contributed by atoms with Gasteiger partial charge in [-0.25, -0.2) is 0 Å². The molecular formula is C10H22ClNO. The first kappa shape index (κ1) is 13.2. The van der Waals surface area contributed by atoms with E-state index in [2.05, 4.69) is 12.2 Å². The van der Waals surface area contributed by atoms with Crippen molar-refractivity contribution in [1.82, 2.24) is 5.32 Å². The summed E-state index contributed by atoms with van der Waals surface area (Å²) in [6.07, 6.45) is 3.40. The van der Waals surface area contributed by atoms with Gasteiger partial charge in [0.25, 0.3) is 0 Å². The lowest BCUT2D eigenvalue weighted by atomic mass is 10.3. The topological polar surface area (TPSA) is 21.3 Å². The second kappa shape index (κ2) is 10.3. The number of hydrogen-bond donors (Lipinski definition) is 1. The summed E-state index contributed by atoms with van der Waals surface area (Å²) in [5, 5.41) is 3.56. The Hall–Kier alpha value is 0.210. The van der Waals surface area contributed by atoms with Gasteiger partial charge in [0.2, 0.25) is 0 Å². The Bertz CT molecular complexity index is 98.9. The highest BCUT2D eigenvalue weighted by Gasteiger charge is 1.94. The van der Waals surface area contributed by atoms with Crippen LogP contribution in [0.3, 0.4) is 0 Å². The molecule has 0 fully saturated rings. The molecule has 0 aliphatic rings. The van der Waals surface area contributed by atoms with Crippen LogP contribution < -0.4 is 5.32 Å².